The number of nitrogens with one attached hydrogen (secondary N) is 1. The normalized spacial score (nSPS) is 15.3. The van der Waals surface area contributed by atoms with Crippen molar-refractivity contribution in [2.24, 2.45) is 11.7 Å². The fourth-order valence-electron chi connectivity index (χ4n) is 4.40. The number of benzene rings is 2. The molecule has 1 aliphatic rings. The third-order valence-corrected chi connectivity index (χ3v) is 7.51. The van der Waals surface area contributed by atoms with Crippen LogP contribution in [0.2, 0.25) is 5.02 Å². The fraction of sp³-hybridized carbons (Fsp3) is 0.192. The van der Waals surface area contributed by atoms with Crippen molar-refractivity contribution in [2.45, 2.75) is 26.2 Å². The Kier molecular flexibility index (Phi) is 5.64. The van der Waals surface area contributed by atoms with Crippen LogP contribution in [0.25, 0.3) is 22.2 Å². The van der Waals surface area contributed by atoms with Crippen molar-refractivity contribution in [3.8, 4) is 11.3 Å². The molecule has 0 saturated carbocycles. The summed E-state index contributed by atoms with van der Waals surface area (Å²) in [4.78, 5) is 31.7. The molecule has 0 bridgehead atoms. The lowest BCUT2D eigenvalue weighted by molar-refractivity contribution is 0.1000. The second-order valence-electron chi connectivity index (χ2n) is 8.45. The first kappa shape index (κ1) is 21.6. The van der Waals surface area contributed by atoms with Crippen LogP contribution in [0.15, 0.2) is 54.6 Å². The summed E-state index contributed by atoms with van der Waals surface area (Å²) >= 11 is 7.50. The molecule has 5 nitrogen and oxygen atoms in total. The smallest absolute Gasteiger partial charge is 0.257 e. The van der Waals surface area contributed by atoms with Gasteiger partial charge in [-0.25, -0.2) is 4.98 Å². The molecule has 7 heteroatoms. The molecule has 166 valence electrons. The monoisotopic (exact) mass is 475 g/mol. The summed E-state index contributed by atoms with van der Waals surface area (Å²) in [5, 5.41) is 4.89. The fourth-order valence-corrected chi connectivity index (χ4v) is 5.94. The highest BCUT2D eigenvalue weighted by Crippen LogP contribution is 2.40. The highest BCUT2D eigenvalue weighted by Gasteiger charge is 2.27. The van der Waals surface area contributed by atoms with Crippen LogP contribution in [0.1, 0.15) is 44.5 Å². The topological polar surface area (TPSA) is 85.1 Å². The molecule has 4 aromatic rings. The van der Waals surface area contributed by atoms with Gasteiger partial charge in [-0.05, 0) is 55.0 Å². The molecule has 2 aromatic carbocycles. The van der Waals surface area contributed by atoms with Gasteiger partial charge in [-0.1, -0.05) is 48.9 Å². The minimum Gasteiger partial charge on any atom is -0.365 e. The highest BCUT2D eigenvalue weighted by atomic mass is 35.5. The average Bonchev–Trinajstić information content (AvgIpc) is 3.15. The average molecular weight is 476 g/mol. The van der Waals surface area contributed by atoms with E-state index in [1.807, 2.05) is 36.4 Å². The second-order valence-corrected chi connectivity index (χ2v) is 9.99. The number of carbonyl (C=O) groups is 2. The SMILES string of the molecule is C[C@@H]1CCc2c(sc(NC(=O)c3cc(-c4ccc(Cl)cc4)nc4ccccc34)c2C(N)=O)C1. The van der Waals surface area contributed by atoms with Gasteiger partial charge in [0.15, 0.2) is 0 Å². The van der Waals surface area contributed by atoms with E-state index in [0.717, 1.165) is 40.7 Å². The van der Waals surface area contributed by atoms with Crippen LogP contribution in [-0.4, -0.2) is 16.8 Å². The predicted molar refractivity (Wildman–Crippen MR) is 134 cm³/mol. The van der Waals surface area contributed by atoms with E-state index in [1.165, 1.54) is 11.3 Å². The van der Waals surface area contributed by atoms with Gasteiger partial charge in [0.25, 0.3) is 11.8 Å². The van der Waals surface area contributed by atoms with E-state index >= 15 is 0 Å². The molecule has 0 aliphatic heterocycles. The van der Waals surface area contributed by atoms with Gasteiger partial charge in [0.05, 0.1) is 22.3 Å². The number of halogens is 1. The van der Waals surface area contributed by atoms with Gasteiger partial charge in [-0.15, -0.1) is 11.3 Å². The van der Waals surface area contributed by atoms with E-state index in [2.05, 4.69) is 12.2 Å². The number of aromatic nitrogens is 1. The van der Waals surface area contributed by atoms with Gasteiger partial charge in [-0.3, -0.25) is 9.59 Å². The van der Waals surface area contributed by atoms with Gasteiger partial charge in [-0.2, -0.15) is 0 Å². The standard InChI is InChI=1S/C26H22ClN3O2S/c1-14-6-11-18-22(12-14)33-26(23(18)24(28)31)30-25(32)19-13-21(15-7-9-16(27)10-8-15)29-20-5-3-2-4-17(19)20/h2-5,7-10,13-14H,6,11-12H2,1H3,(H2,28,31)(H,30,32)/t14-/m1/s1. The first-order chi connectivity index (χ1) is 15.9. The Labute approximate surface area is 200 Å². The van der Waals surface area contributed by atoms with Gasteiger partial charge in [0.2, 0.25) is 0 Å². The number of carbonyl (C=O) groups excluding carboxylic acids is 2. The van der Waals surface area contributed by atoms with Crippen molar-refractivity contribution < 1.29 is 9.59 Å². The molecule has 2 amide bonds. The Bertz CT molecular complexity index is 1390. The van der Waals surface area contributed by atoms with Crippen LogP contribution >= 0.6 is 22.9 Å². The highest BCUT2D eigenvalue weighted by molar-refractivity contribution is 7.17. The number of fused-ring (bicyclic) bond motifs is 2. The van der Waals surface area contributed by atoms with Crippen LogP contribution in [0.4, 0.5) is 5.00 Å². The van der Waals surface area contributed by atoms with E-state index in [1.54, 1.807) is 18.2 Å². The van der Waals surface area contributed by atoms with Crippen molar-refractivity contribution in [3.63, 3.8) is 0 Å². The van der Waals surface area contributed by atoms with Crippen LogP contribution in [0, 0.1) is 5.92 Å². The van der Waals surface area contributed by atoms with Gasteiger partial charge < -0.3 is 11.1 Å². The quantitative estimate of drug-likeness (QED) is 0.374. The number of primary amides is 1. The molecule has 0 fully saturated rings. The number of nitrogens with zero attached hydrogens (tertiary/aromatic N) is 1. The summed E-state index contributed by atoms with van der Waals surface area (Å²) in [6, 6.07) is 16.6. The van der Waals surface area contributed by atoms with E-state index in [4.69, 9.17) is 22.3 Å². The second kappa shape index (κ2) is 8.61. The molecule has 0 spiro atoms. The molecule has 1 atom stereocenters. The molecule has 2 aromatic heterocycles. The predicted octanol–water partition coefficient (Wildman–Crippen LogP) is 6.09. The number of nitrogens with two attached hydrogens (primary N) is 1. The Balaban J connectivity index is 1.58. The first-order valence-electron chi connectivity index (χ1n) is 10.8. The number of hydrogen-bond acceptors (Lipinski definition) is 4. The van der Waals surface area contributed by atoms with Crippen molar-refractivity contribution in [2.75, 3.05) is 5.32 Å². The summed E-state index contributed by atoms with van der Waals surface area (Å²) < 4.78 is 0. The molecule has 3 N–H and O–H groups in total. The van der Waals surface area contributed by atoms with Crippen molar-refractivity contribution in [1.29, 1.82) is 0 Å². The van der Waals surface area contributed by atoms with E-state index in [-0.39, 0.29) is 5.91 Å². The summed E-state index contributed by atoms with van der Waals surface area (Å²) in [6.07, 6.45) is 2.71. The zero-order chi connectivity index (χ0) is 23.1. The Morgan fingerprint density at radius 3 is 2.67 bits per heavy atom. The number of rotatable bonds is 4. The number of para-hydroxylation sites is 1. The minimum absolute atomic E-state index is 0.294. The van der Waals surface area contributed by atoms with Crippen LogP contribution < -0.4 is 11.1 Å². The van der Waals surface area contributed by atoms with Crippen LogP contribution in [0.5, 0.6) is 0 Å². The maximum atomic E-state index is 13.5. The van der Waals surface area contributed by atoms with Gasteiger partial charge in [0, 0.05) is 20.8 Å². The van der Waals surface area contributed by atoms with Crippen LogP contribution in [-0.2, 0) is 12.8 Å². The molecule has 0 radical (unpaired) electrons. The van der Waals surface area contributed by atoms with E-state index in [0.29, 0.717) is 38.3 Å². The Hall–Kier alpha value is -3.22. The largest absolute Gasteiger partial charge is 0.365 e. The Morgan fingerprint density at radius 1 is 1.15 bits per heavy atom. The van der Waals surface area contributed by atoms with E-state index in [9.17, 15) is 9.59 Å². The molecule has 33 heavy (non-hydrogen) atoms. The Morgan fingerprint density at radius 2 is 1.91 bits per heavy atom. The molecule has 1 aliphatic carbocycles. The number of pyridine rings is 1. The third-order valence-electron chi connectivity index (χ3n) is 6.09. The van der Waals surface area contributed by atoms with Crippen LogP contribution in [0.3, 0.4) is 0 Å². The van der Waals surface area contributed by atoms with Crippen molar-refractivity contribution in [3.05, 3.63) is 81.2 Å². The molecule has 0 unspecified atom stereocenters. The number of hydrogen-bond donors (Lipinski definition) is 2. The molecule has 0 saturated heterocycles. The molecule has 5 rings (SSSR count). The summed E-state index contributed by atoms with van der Waals surface area (Å²) in [5.74, 6) is -0.247. The summed E-state index contributed by atoms with van der Waals surface area (Å²) in [6.45, 7) is 2.20. The third kappa shape index (κ3) is 4.12. The molecular weight excluding hydrogens is 454 g/mol. The molecule has 2 heterocycles. The number of thiophene rings is 1. The van der Waals surface area contributed by atoms with Gasteiger partial charge in [0.1, 0.15) is 5.00 Å². The number of amides is 2. The first-order valence-corrected chi connectivity index (χ1v) is 12.0. The lowest BCUT2D eigenvalue weighted by Crippen LogP contribution is -2.19. The molecular formula is C26H22ClN3O2S. The van der Waals surface area contributed by atoms with E-state index < -0.39 is 5.91 Å². The lowest BCUT2D eigenvalue weighted by atomic mass is 9.88. The lowest BCUT2D eigenvalue weighted by Gasteiger charge is -2.18. The maximum Gasteiger partial charge on any atom is 0.257 e. The zero-order valence-corrected chi connectivity index (χ0v) is 19.6. The summed E-state index contributed by atoms with van der Waals surface area (Å²) in [7, 11) is 0. The van der Waals surface area contributed by atoms with Crippen molar-refractivity contribution in [1.82, 2.24) is 4.98 Å². The maximum absolute atomic E-state index is 13.5. The zero-order valence-electron chi connectivity index (χ0n) is 18.0. The number of anilines is 1. The van der Waals surface area contributed by atoms with Gasteiger partial charge >= 0.3 is 0 Å². The minimum atomic E-state index is -0.501. The summed E-state index contributed by atoms with van der Waals surface area (Å²) in [5.41, 5.74) is 9.90. The van der Waals surface area contributed by atoms with Crippen molar-refractivity contribution >= 4 is 50.7 Å².